The van der Waals surface area contributed by atoms with Gasteiger partial charge in [-0.15, -0.1) is 0 Å². The van der Waals surface area contributed by atoms with Crippen LogP contribution in [0.5, 0.6) is 5.88 Å². The molecule has 1 atom stereocenters. The molecule has 1 aliphatic carbocycles. The van der Waals surface area contributed by atoms with Crippen LogP contribution in [0.4, 0.5) is 0 Å². The van der Waals surface area contributed by atoms with Gasteiger partial charge in [0.15, 0.2) is 11.1 Å². The van der Waals surface area contributed by atoms with Crippen molar-refractivity contribution in [1.82, 2.24) is 24.5 Å². The van der Waals surface area contributed by atoms with Gasteiger partial charge in [0.2, 0.25) is 5.88 Å². The molecule has 2 fully saturated rings. The van der Waals surface area contributed by atoms with Crippen molar-refractivity contribution in [1.29, 1.82) is 0 Å². The minimum Gasteiger partial charge on any atom is -0.493 e. The van der Waals surface area contributed by atoms with Crippen LogP contribution in [0.15, 0.2) is 22.1 Å². The highest BCUT2D eigenvalue weighted by atomic mass is 32.1. The highest BCUT2D eigenvalue weighted by Crippen LogP contribution is 2.23. The fourth-order valence-corrected chi connectivity index (χ4v) is 5.48. The van der Waals surface area contributed by atoms with Gasteiger partial charge in [-0.3, -0.25) is 14.8 Å². The van der Waals surface area contributed by atoms with E-state index in [1.165, 1.54) is 45.2 Å². The van der Waals surface area contributed by atoms with Crippen molar-refractivity contribution in [2.45, 2.75) is 76.8 Å². The molecule has 8 nitrogen and oxygen atoms in total. The summed E-state index contributed by atoms with van der Waals surface area (Å²) in [7, 11) is 0. The smallest absolute Gasteiger partial charge is 0.307 e. The lowest BCUT2D eigenvalue weighted by Crippen LogP contribution is -2.28. The number of aryl methyl sites for hydroxylation is 1. The molecule has 1 saturated heterocycles. The van der Waals surface area contributed by atoms with Crippen molar-refractivity contribution in [2.75, 3.05) is 13.1 Å². The number of nitrogens with one attached hydrogen (secondary N) is 1. The van der Waals surface area contributed by atoms with Crippen LogP contribution in [-0.4, -0.2) is 54.8 Å². The highest BCUT2D eigenvalue weighted by Gasteiger charge is 2.22. The number of aromatic amines is 1. The molecule has 0 amide bonds. The molecule has 0 radical (unpaired) electrons. The first-order valence-corrected chi connectivity index (χ1v) is 13.0. The fraction of sp³-hybridized carbons (Fsp3) is 0.583. The van der Waals surface area contributed by atoms with Gasteiger partial charge < -0.3 is 10.0 Å². The van der Waals surface area contributed by atoms with E-state index in [0.717, 1.165) is 65.1 Å². The Kier molecular flexibility index (Phi) is 6.59. The van der Waals surface area contributed by atoms with Gasteiger partial charge in [-0.25, -0.2) is 4.98 Å². The van der Waals surface area contributed by atoms with Crippen molar-refractivity contribution in [3.8, 4) is 5.88 Å². The SMILES string of the molecule is CCN1CCCC1CCCCCc1cc(=NC2CC2)n2ncc(=Cc3sc(=O)[nH]c3O)c2n1. The summed E-state index contributed by atoms with van der Waals surface area (Å²) in [4.78, 5) is 26.5. The number of likely N-dealkylation sites (tertiary alicyclic amines) is 1. The number of rotatable bonds is 9. The molecule has 1 unspecified atom stereocenters. The van der Waals surface area contributed by atoms with E-state index >= 15 is 0 Å². The summed E-state index contributed by atoms with van der Waals surface area (Å²) in [6.07, 6.45) is 14.2. The number of H-pyrrole nitrogens is 1. The molecule has 0 aromatic carbocycles. The zero-order valence-electron chi connectivity index (χ0n) is 19.2. The molecule has 33 heavy (non-hydrogen) atoms. The van der Waals surface area contributed by atoms with Crippen molar-refractivity contribution < 1.29 is 5.11 Å². The summed E-state index contributed by atoms with van der Waals surface area (Å²) in [5.41, 5.74) is 2.59. The van der Waals surface area contributed by atoms with Gasteiger partial charge >= 0.3 is 4.87 Å². The van der Waals surface area contributed by atoms with Crippen molar-refractivity contribution >= 4 is 23.1 Å². The molecule has 2 aliphatic rings. The predicted octanol–water partition coefficient (Wildman–Crippen LogP) is 2.38. The molecular weight excluding hydrogens is 436 g/mol. The van der Waals surface area contributed by atoms with Gasteiger partial charge in [-0.05, 0) is 64.1 Å². The van der Waals surface area contributed by atoms with Crippen LogP contribution in [0.1, 0.15) is 68.9 Å². The standard InChI is InChI=1S/C24H32N6O2S/c1-2-29-12-6-9-19(29)8-5-3-4-7-18-14-21(26-17-10-11-17)30-22(27-18)16(15-25-30)13-20-23(31)28-24(32)33-20/h13-15,17,19,31H,2-12H2,1H3,(H,28,32). The van der Waals surface area contributed by atoms with Crippen molar-refractivity contribution in [3.63, 3.8) is 0 Å². The molecule has 1 saturated carbocycles. The molecule has 5 rings (SSSR count). The average Bonchev–Trinajstić information content (AvgIpc) is 3.19. The third-order valence-corrected chi connectivity index (χ3v) is 7.53. The molecule has 0 spiro atoms. The number of thiazole rings is 1. The Bertz CT molecular complexity index is 1290. The van der Waals surface area contributed by atoms with Crippen LogP contribution in [0.3, 0.4) is 0 Å². The number of nitrogens with zero attached hydrogens (tertiary/aromatic N) is 5. The zero-order chi connectivity index (χ0) is 22.8. The maximum absolute atomic E-state index is 11.6. The van der Waals surface area contributed by atoms with Crippen molar-refractivity contribution in [2.24, 2.45) is 4.99 Å². The number of aromatic nitrogens is 4. The molecule has 0 bridgehead atoms. The Hall–Kier alpha value is -2.52. The number of aromatic hydroxyl groups is 1. The third-order valence-electron chi connectivity index (χ3n) is 6.71. The predicted molar refractivity (Wildman–Crippen MR) is 129 cm³/mol. The summed E-state index contributed by atoms with van der Waals surface area (Å²) < 4.78 is 1.78. The van der Waals surface area contributed by atoms with Gasteiger partial charge in [0.05, 0.1) is 17.1 Å². The van der Waals surface area contributed by atoms with Crippen molar-refractivity contribution in [3.05, 3.63) is 43.2 Å². The van der Waals surface area contributed by atoms with Crippen LogP contribution in [-0.2, 0) is 6.42 Å². The van der Waals surface area contributed by atoms with E-state index in [1.54, 1.807) is 16.8 Å². The Morgan fingerprint density at radius 3 is 2.94 bits per heavy atom. The molecule has 9 heteroatoms. The summed E-state index contributed by atoms with van der Waals surface area (Å²) in [5.74, 6) is -0.118. The first-order chi connectivity index (χ1) is 16.1. The van der Waals surface area contributed by atoms with E-state index in [4.69, 9.17) is 9.98 Å². The minimum atomic E-state index is -0.284. The van der Waals surface area contributed by atoms with Gasteiger partial charge in [0.1, 0.15) is 0 Å². The van der Waals surface area contributed by atoms with Crippen LogP contribution in [0.25, 0.3) is 11.7 Å². The Labute approximate surface area is 196 Å². The summed E-state index contributed by atoms with van der Waals surface area (Å²) >= 11 is 0.973. The molecule has 3 aromatic rings. The van der Waals surface area contributed by atoms with Gasteiger partial charge in [0.25, 0.3) is 0 Å². The molecule has 1 aliphatic heterocycles. The molecule has 2 N–H and O–H groups in total. The van der Waals surface area contributed by atoms with E-state index in [9.17, 15) is 9.90 Å². The lowest BCUT2D eigenvalue weighted by atomic mass is 10.0. The first-order valence-electron chi connectivity index (χ1n) is 12.2. The number of hydrogen-bond acceptors (Lipinski definition) is 7. The van der Waals surface area contributed by atoms with Gasteiger partial charge in [0, 0.05) is 23.0 Å². The zero-order valence-corrected chi connectivity index (χ0v) is 20.0. The summed E-state index contributed by atoms with van der Waals surface area (Å²) in [6, 6.07) is 3.23. The Morgan fingerprint density at radius 1 is 1.30 bits per heavy atom. The second-order valence-electron chi connectivity index (χ2n) is 9.20. The lowest BCUT2D eigenvalue weighted by Gasteiger charge is -2.22. The van der Waals surface area contributed by atoms with E-state index in [2.05, 4.69) is 28.0 Å². The number of hydrogen-bond donors (Lipinski definition) is 2. The summed E-state index contributed by atoms with van der Waals surface area (Å²) in [5, 5.41) is 15.2. The topological polar surface area (TPSA) is 98.9 Å². The Morgan fingerprint density at radius 2 is 2.18 bits per heavy atom. The summed E-state index contributed by atoms with van der Waals surface area (Å²) in [6.45, 7) is 4.70. The van der Waals surface area contributed by atoms with Crippen LogP contribution < -0.4 is 15.6 Å². The second-order valence-corrected chi connectivity index (χ2v) is 10.2. The first kappa shape index (κ1) is 22.3. The maximum Gasteiger partial charge on any atom is 0.307 e. The molecule has 176 valence electrons. The third kappa shape index (κ3) is 5.19. The van der Waals surface area contributed by atoms with Crippen LogP contribution >= 0.6 is 11.3 Å². The number of unbranched alkanes of at least 4 members (excludes halogenated alkanes) is 2. The minimum absolute atomic E-state index is 0.118. The highest BCUT2D eigenvalue weighted by molar-refractivity contribution is 7.10. The van der Waals surface area contributed by atoms with Crippen LogP contribution in [0, 0.1) is 0 Å². The van der Waals surface area contributed by atoms with E-state index < -0.39 is 0 Å². The Balaban J connectivity index is 1.34. The van der Waals surface area contributed by atoms with E-state index in [0.29, 0.717) is 10.9 Å². The van der Waals surface area contributed by atoms with Gasteiger partial charge in [-0.1, -0.05) is 31.1 Å². The number of fused-ring (bicyclic) bond motifs is 1. The molecule has 3 aromatic heterocycles. The van der Waals surface area contributed by atoms with E-state index in [-0.39, 0.29) is 10.8 Å². The van der Waals surface area contributed by atoms with Gasteiger partial charge in [-0.2, -0.15) is 9.61 Å². The normalized spacial score (nSPS) is 20.5. The molecule has 4 heterocycles. The van der Waals surface area contributed by atoms with Crippen LogP contribution in [0.2, 0.25) is 0 Å². The molecular formula is C24H32N6O2S. The largest absolute Gasteiger partial charge is 0.493 e. The lowest BCUT2D eigenvalue weighted by molar-refractivity contribution is 0.250. The quantitative estimate of drug-likeness (QED) is 0.470. The van der Waals surface area contributed by atoms with E-state index in [1.807, 2.05) is 0 Å². The average molecular weight is 469 g/mol. The maximum atomic E-state index is 11.6. The second kappa shape index (κ2) is 9.77. The monoisotopic (exact) mass is 468 g/mol. The fourth-order valence-electron chi connectivity index (χ4n) is 4.80.